The van der Waals surface area contributed by atoms with Crippen molar-refractivity contribution in [2.45, 2.75) is 72.3 Å². The topological polar surface area (TPSA) is 66.8 Å². The second-order valence-corrected chi connectivity index (χ2v) is 8.44. The Kier molecular flexibility index (Phi) is 5.61. The summed E-state index contributed by atoms with van der Waals surface area (Å²) in [5.41, 5.74) is 2.08. The fourth-order valence-corrected chi connectivity index (χ4v) is 5.27. The van der Waals surface area contributed by atoms with E-state index in [0.29, 0.717) is 11.8 Å². The summed E-state index contributed by atoms with van der Waals surface area (Å²) < 4.78 is 0. The third kappa shape index (κ3) is 3.31. The van der Waals surface area contributed by atoms with Gasteiger partial charge in [-0.3, -0.25) is 5.26 Å². The maximum atomic E-state index is 10.9. The molecule has 2 aliphatic rings. The van der Waals surface area contributed by atoms with Crippen LogP contribution in [0.15, 0.2) is 23.8 Å². The number of aliphatic carboxylic acids is 1. The molecule has 2 N–H and O–H groups in total. The molecule has 0 amide bonds. The normalized spacial score (nSPS) is 40.3. The molecule has 0 aromatic rings. The maximum Gasteiger partial charge on any atom is 0.328 e. The smallest absolute Gasteiger partial charge is 0.328 e. The Bertz CT molecular complexity index is 538. The van der Waals surface area contributed by atoms with E-state index in [1.54, 1.807) is 0 Å². The van der Waals surface area contributed by atoms with Crippen LogP contribution >= 0.6 is 0 Å². The van der Waals surface area contributed by atoms with Crippen LogP contribution < -0.4 is 0 Å². The lowest BCUT2D eigenvalue weighted by Gasteiger charge is -2.59. The second-order valence-electron chi connectivity index (χ2n) is 8.44. The van der Waals surface area contributed by atoms with Gasteiger partial charge in [0.05, 0.1) is 0 Å². The molecule has 0 heterocycles. The maximum absolute atomic E-state index is 10.9. The Balaban J connectivity index is 2.24. The van der Waals surface area contributed by atoms with Gasteiger partial charge in [-0.05, 0) is 73.7 Å². The first-order valence-electron chi connectivity index (χ1n) is 9.04. The fourth-order valence-electron chi connectivity index (χ4n) is 5.27. The van der Waals surface area contributed by atoms with Gasteiger partial charge in [0.15, 0.2) is 0 Å². The number of rotatable bonds is 5. The number of hydrogen-bond donors (Lipinski definition) is 2. The lowest BCUT2D eigenvalue weighted by molar-refractivity contribution is -0.280. The summed E-state index contributed by atoms with van der Waals surface area (Å²) in [7, 11) is 0. The van der Waals surface area contributed by atoms with Crippen molar-refractivity contribution in [1.29, 1.82) is 0 Å². The molecule has 0 aromatic heterocycles. The van der Waals surface area contributed by atoms with E-state index in [0.717, 1.165) is 49.7 Å². The third-order valence-corrected chi connectivity index (χ3v) is 7.18. The van der Waals surface area contributed by atoms with Gasteiger partial charge in [-0.15, -0.1) is 0 Å². The highest BCUT2D eigenvalue weighted by atomic mass is 17.1. The molecule has 5 atom stereocenters. The molecule has 2 saturated carbocycles. The van der Waals surface area contributed by atoms with Crippen molar-refractivity contribution in [1.82, 2.24) is 0 Å². The van der Waals surface area contributed by atoms with Crippen LogP contribution in [0.3, 0.4) is 0 Å². The van der Waals surface area contributed by atoms with Crippen molar-refractivity contribution >= 4 is 5.97 Å². The molecule has 5 unspecified atom stereocenters. The van der Waals surface area contributed by atoms with Crippen molar-refractivity contribution in [3.63, 3.8) is 0 Å². The van der Waals surface area contributed by atoms with Gasteiger partial charge in [-0.1, -0.05) is 32.9 Å². The minimum atomic E-state index is -0.867. The summed E-state index contributed by atoms with van der Waals surface area (Å²) in [6.07, 6.45) is 6.90. The SMILES string of the molecule is C=C1C(OO)CCC2C1(C)CCC(C)C2(C)CCC(C)=CC(=O)O. The van der Waals surface area contributed by atoms with E-state index in [-0.39, 0.29) is 16.9 Å². The molecule has 0 bridgehead atoms. The van der Waals surface area contributed by atoms with Crippen molar-refractivity contribution < 1.29 is 20.0 Å². The molecule has 0 aromatic carbocycles. The zero-order valence-corrected chi connectivity index (χ0v) is 15.5. The van der Waals surface area contributed by atoms with Crippen LogP contribution in [0.5, 0.6) is 0 Å². The van der Waals surface area contributed by atoms with Crippen LogP contribution in [-0.2, 0) is 9.68 Å². The van der Waals surface area contributed by atoms with Crippen molar-refractivity contribution in [3.05, 3.63) is 23.8 Å². The third-order valence-electron chi connectivity index (χ3n) is 7.18. The van der Waals surface area contributed by atoms with Crippen LogP contribution in [0.1, 0.15) is 66.2 Å². The van der Waals surface area contributed by atoms with Crippen molar-refractivity contribution in [2.75, 3.05) is 0 Å². The highest BCUT2D eigenvalue weighted by molar-refractivity contribution is 5.80. The van der Waals surface area contributed by atoms with Gasteiger partial charge in [-0.2, -0.15) is 0 Å². The van der Waals surface area contributed by atoms with E-state index in [1.807, 2.05) is 6.92 Å². The fraction of sp³-hybridized carbons (Fsp3) is 0.750. The van der Waals surface area contributed by atoms with E-state index in [1.165, 1.54) is 6.08 Å². The molecule has 2 aliphatic carbocycles. The van der Waals surface area contributed by atoms with E-state index < -0.39 is 5.97 Å². The Hall–Kier alpha value is -1.13. The molecule has 136 valence electrons. The number of fused-ring (bicyclic) bond motifs is 1. The standard InChI is InChI=1S/C20H32O4/c1-13(12-18(21)22)8-10-19(4)14(2)9-11-20(5)15(3)16(24-23)6-7-17(19)20/h12,14,16-17,23H,3,6-11H2,1-2,4-5H3,(H,21,22). The molecular weight excluding hydrogens is 304 g/mol. The van der Waals surface area contributed by atoms with Crippen LogP contribution in [0.4, 0.5) is 0 Å². The van der Waals surface area contributed by atoms with E-state index in [2.05, 4.69) is 32.2 Å². The van der Waals surface area contributed by atoms with Gasteiger partial charge < -0.3 is 5.11 Å². The van der Waals surface area contributed by atoms with Crippen LogP contribution in [0.25, 0.3) is 0 Å². The van der Waals surface area contributed by atoms with Gasteiger partial charge in [-0.25, -0.2) is 9.68 Å². The minimum Gasteiger partial charge on any atom is -0.478 e. The van der Waals surface area contributed by atoms with Gasteiger partial charge in [0.25, 0.3) is 0 Å². The van der Waals surface area contributed by atoms with Crippen LogP contribution in [-0.4, -0.2) is 22.4 Å². The number of carboxylic acids is 1. The summed E-state index contributed by atoms with van der Waals surface area (Å²) in [5.74, 6) is 0.214. The average Bonchev–Trinajstić information content (AvgIpc) is 2.51. The minimum absolute atomic E-state index is 0.0165. The molecule has 0 aliphatic heterocycles. The molecule has 2 rings (SSSR count). The van der Waals surface area contributed by atoms with Crippen LogP contribution in [0, 0.1) is 22.7 Å². The van der Waals surface area contributed by atoms with Gasteiger partial charge >= 0.3 is 5.97 Å². The first-order chi connectivity index (χ1) is 11.1. The monoisotopic (exact) mass is 336 g/mol. The molecule has 2 fully saturated rings. The lowest BCUT2D eigenvalue weighted by atomic mass is 9.46. The van der Waals surface area contributed by atoms with Gasteiger partial charge in [0, 0.05) is 6.08 Å². The largest absolute Gasteiger partial charge is 0.478 e. The highest BCUT2D eigenvalue weighted by Crippen LogP contribution is 2.63. The van der Waals surface area contributed by atoms with Gasteiger partial charge in [0.2, 0.25) is 0 Å². The number of carbonyl (C=O) groups is 1. The average molecular weight is 336 g/mol. The molecule has 0 radical (unpaired) electrons. The number of hydrogen-bond acceptors (Lipinski definition) is 3. The predicted octanol–water partition coefficient (Wildman–Crippen LogP) is 5.06. The molecular formula is C20H32O4. The quantitative estimate of drug-likeness (QED) is 0.318. The Morgan fingerprint density at radius 2 is 2.04 bits per heavy atom. The Morgan fingerprint density at radius 3 is 2.62 bits per heavy atom. The molecule has 0 saturated heterocycles. The van der Waals surface area contributed by atoms with E-state index in [9.17, 15) is 10.1 Å². The molecule has 24 heavy (non-hydrogen) atoms. The van der Waals surface area contributed by atoms with E-state index >= 15 is 0 Å². The molecule has 4 nitrogen and oxygen atoms in total. The van der Waals surface area contributed by atoms with Crippen molar-refractivity contribution in [3.8, 4) is 0 Å². The summed E-state index contributed by atoms with van der Waals surface area (Å²) in [6, 6.07) is 0. The van der Waals surface area contributed by atoms with Crippen molar-refractivity contribution in [2.24, 2.45) is 22.7 Å². The Morgan fingerprint density at radius 1 is 1.38 bits per heavy atom. The summed E-state index contributed by atoms with van der Waals surface area (Å²) in [5, 5.41) is 18.1. The molecule has 0 spiro atoms. The number of carboxylic acid groups (broad SMARTS) is 1. The summed E-state index contributed by atoms with van der Waals surface area (Å²) >= 11 is 0. The zero-order chi connectivity index (χ0) is 18.1. The van der Waals surface area contributed by atoms with Gasteiger partial charge in [0.1, 0.15) is 6.10 Å². The first kappa shape index (κ1) is 19.2. The summed E-state index contributed by atoms with van der Waals surface area (Å²) in [6.45, 7) is 13.1. The van der Waals surface area contributed by atoms with Crippen LogP contribution in [0.2, 0.25) is 0 Å². The second kappa shape index (κ2) is 7.01. The first-order valence-corrected chi connectivity index (χ1v) is 9.04. The summed E-state index contributed by atoms with van der Waals surface area (Å²) in [4.78, 5) is 15.6. The highest BCUT2D eigenvalue weighted by Gasteiger charge is 2.55. The predicted molar refractivity (Wildman–Crippen MR) is 94.6 cm³/mol. The number of allylic oxidation sites excluding steroid dienone is 1. The molecule has 4 heteroatoms. The Labute approximate surface area is 145 Å². The zero-order valence-electron chi connectivity index (χ0n) is 15.5. The van der Waals surface area contributed by atoms with E-state index in [4.69, 9.17) is 5.11 Å². The lowest BCUT2D eigenvalue weighted by Crippen LogP contribution is -2.53.